The summed E-state index contributed by atoms with van der Waals surface area (Å²) in [6.07, 6.45) is 0. The van der Waals surface area contributed by atoms with Crippen LogP contribution in [0.15, 0.2) is 47.6 Å². The molecule has 3 rings (SSSR count). The predicted octanol–water partition coefficient (Wildman–Crippen LogP) is 3.88. The Morgan fingerprint density at radius 1 is 1.31 bits per heavy atom. The van der Waals surface area contributed by atoms with Crippen molar-refractivity contribution in [3.8, 4) is 5.69 Å². The summed E-state index contributed by atoms with van der Waals surface area (Å²) in [6.45, 7) is 3.70. The number of benzene rings is 2. The van der Waals surface area contributed by atoms with Gasteiger partial charge in [-0.05, 0) is 54.1 Å². The summed E-state index contributed by atoms with van der Waals surface area (Å²) in [4.78, 5) is 12.4. The topological polar surface area (TPSA) is 72.7 Å². The Morgan fingerprint density at radius 3 is 2.81 bits per heavy atom. The van der Waals surface area contributed by atoms with E-state index in [4.69, 9.17) is 11.6 Å². The standard InChI is InChI=1S/C17H15ClFN5OS/c1-10-5-3-4-6-15(10)24-17(21-22-23-24)26-11(2)16(25)20-12-7-8-14(19)13(18)9-12/h3-9,11H,1-2H3,(H,20,25)/t11-/m0/s1. The van der Waals surface area contributed by atoms with Crippen molar-refractivity contribution in [3.63, 3.8) is 0 Å². The smallest absolute Gasteiger partial charge is 0.237 e. The number of nitrogens with zero attached hydrogens (tertiary/aromatic N) is 4. The van der Waals surface area contributed by atoms with Gasteiger partial charge in [0, 0.05) is 5.69 Å². The highest BCUT2D eigenvalue weighted by atomic mass is 35.5. The molecule has 0 unspecified atom stereocenters. The third-order valence-corrected chi connectivity index (χ3v) is 4.95. The fraction of sp³-hybridized carbons (Fsp3) is 0.176. The largest absolute Gasteiger partial charge is 0.325 e. The van der Waals surface area contributed by atoms with Gasteiger partial charge in [0.2, 0.25) is 11.1 Å². The Hall–Kier alpha value is -2.45. The average Bonchev–Trinajstić information content (AvgIpc) is 3.06. The second-order valence-corrected chi connectivity index (χ2v) is 7.25. The molecule has 0 saturated heterocycles. The van der Waals surface area contributed by atoms with Crippen molar-refractivity contribution >= 4 is 35.0 Å². The minimum Gasteiger partial charge on any atom is -0.325 e. The zero-order valence-corrected chi connectivity index (χ0v) is 15.6. The molecule has 6 nitrogen and oxygen atoms in total. The van der Waals surface area contributed by atoms with Crippen LogP contribution in [0.2, 0.25) is 5.02 Å². The lowest BCUT2D eigenvalue weighted by atomic mass is 10.2. The lowest BCUT2D eigenvalue weighted by Gasteiger charge is -2.12. The summed E-state index contributed by atoms with van der Waals surface area (Å²) < 4.78 is 14.8. The van der Waals surface area contributed by atoms with Gasteiger partial charge >= 0.3 is 0 Å². The van der Waals surface area contributed by atoms with E-state index in [1.807, 2.05) is 31.2 Å². The highest BCUT2D eigenvalue weighted by molar-refractivity contribution is 8.00. The molecule has 134 valence electrons. The van der Waals surface area contributed by atoms with Crippen LogP contribution in [0.1, 0.15) is 12.5 Å². The van der Waals surface area contributed by atoms with E-state index in [1.165, 1.54) is 30.0 Å². The molecule has 1 heterocycles. The van der Waals surface area contributed by atoms with Crippen molar-refractivity contribution in [3.05, 3.63) is 58.9 Å². The van der Waals surface area contributed by atoms with Gasteiger partial charge in [0.15, 0.2) is 0 Å². The van der Waals surface area contributed by atoms with Gasteiger partial charge in [-0.2, -0.15) is 4.68 Å². The number of para-hydroxylation sites is 1. The number of halogens is 2. The first-order chi connectivity index (χ1) is 12.5. The van der Waals surface area contributed by atoms with Crippen LogP contribution in [0.3, 0.4) is 0 Å². The van der Waals surface area contributed by atoms with Gasteiger partial charge < -0.3 is 5.32 Å². The van der Waals surface area contributed by atoms with Crippen LogP contribution in [-0.2, 0) is 4.79 Å². The van der Waals surface area contributed by atoms with E-state index in [0.29, 0.717) is 10.8 Å². The number of amides is 1. The fourth-order valence-corrected chi connectivity index (χ4v) is 3.22. The number of hydrogen-bond acceptors (Lipinski definition) is 5. The van der Waals surface area contributed by atoms with Crippen molar-refractivity contribution in [1.82, 2.24) is 20.2 Å². The van der Waals surface area contributed by atoms with Gasteiger partial charge in [0.05, 0.1) is 16.0 Å². The van der Waals surface area contributed by atoms with Gasteiger partial charge in [0.25, 0.3) is 0 Å². The number of carbonyl (C=O) groups excluding carboxylic acids is 1. The quantitative estimate of drug-likeness (QED) is 0.668. The molecule has 0 aliphatic rings. The number of aromatic nitrogens is 4. The fourth-order valence-electron chi connectivity index (χ4n) is 2.23. The molecule has 3 aromatic rings. The zero-order valence-electron chi connectivity index (χ0n) is 14.0. The van der Waals surface area contributed by atoms with E-state index < -0.39 is 11.1 Å². The molecule has 0 aliphatic carbocycles. The summed E-state index contributed by atoms with van der Waals surface area (Å²) in [5.74, 6) is -0.804. The van der Waals surface area contributed by atoms with E-state index in [0.717, 1.165) is 11.3 Å². The zero-order chi connectivity index (χ0) is 18.7. The third kappa shape index (κ3) is 4.03. The average molecular weight is 392 g/mol. The second kappa shape index (κ2) is 7.84. The molecule has 1 aromatic heterocycles. The van der Waals surface area contributed by atoms with E-state index in [9.17, 15) is 9.18 Å². The lowest BCUT2D eigenvalue weighted by Crippen LogP contribution is -2.23. The van der Waals surface area contributed by atoms with E-state index in [2.05, 4.69) is 20.8 Å². The number of nitrogens with one attached hydrogen (secondary N) is 1. The van der Waals surface area contributed by atoms with Crippen molar-refractivity contribution in [2.24, 2.45) is 0 Å². The molecule has 0 bridgehead atoms. The molecule has 1 amide bonds. The van der Waals surface area contributed by atoms with Gasteiger partial charge in [-0.25, -0.2) is 4.39 Å². The molecule has 1 atom stereocenters. The normalized spacial score (nSPS) is 12.0. The highest BCUT2D eigenvalue weighted by Crippen LogP contribution is 2.26. The van der Waals surface area contributed by atoms with Crippen molar-refractivity contribution < 1.29 is 9.18 Å². The summed E-state index contributed by atoms with van der Waals surface area (Å²) >= 11 is 6.96. The molecule has 2 aromatic carbocycles. The Bertz CT molecular complexity index is 948. The number of carbonyl (C=O) groups is 1. The Labute approximate surface area is 158 Å². The first-order valence-corrected chi connectivity index (χ1v) is 8.98. The summed E-state index contributed by atoms with van der Waals surface area (Å²) in [7, 11) is 0. The maximum absolute atomic E-state index is 13.2. The van der Waals surface area contributed by atoms with Gasteiger partial charge in [-0.3, -0.25) is 4.79 Å². The summed E-state index contributed by atoms with van der Waals surface area (Å²) in [5.41, 5.74) is 2.28. The van der Waals surface area contributed by atoms with E-state index >= 15 is 0 Å². The molecule has 26 heavy (non-hydrogen) atoms. The summed E-state index contributed by atoms with van der Waals surface area (Å²) in [6, 6.07) is 11.7. The predicted molar refractivity (Wildman–Crippen MR) is 99.2 cm³/mol. The number of aryl methyl sites for hydroxylation is 1. The molecule has 1 N–H and O–H groups in total. The maximum Gasteiger partial charge on any atom is 0.237 e. The number of thioether (sulfide) groups is 1. The van der Waals surface area contributed by atoms with Gasteiger partial charge in [0.1, 0.15) is 5.82 Å². The molecular formula is C17H15ClFN5OS. The first-order valence-electron chi connectivity index (χ1n) is 7.72. The first kappa shape index (κ1) is 18.3. The van der Waals surface area contributed by atoms with E-state index in [1.54, 1.807) is 11.6 Å². The molecule has 0 aliphatic heterocycles. The second-order valence-electron chi connectivity index (χ2n) is 5.54. The number of rotatable bonds is 5. The maximum atomic E-state index is 13.2. The number of anilines is 1. The van der Waals surface area contributed by atoms with Crippen molar-refractivity contribution in [2.75, 3.05) is 5.32 Å². The monoisotopic (exact) mass is 391 g/mol. The van der Waals surface area contributed by atoms with E-state index in [-0.39, 0.29) is 10.9 Å². The SMILES string of the molecule is Cc1ccccc1-n1nnnc1S[C@@H](C)C(=O)Nc1ccc(F)c(Cl)c1. The van der Waals surface area contributed by atoms with Crippen LogP contribution in [0.5, 0.6) is 0 Å². The van der Waals surface area contributed by atoms with Crippen LogP contribution in [0.4, 0.5) is 10.1 Å². The Morgan fingerprint density at radius 2 is 2.08 bits per heavy atom. The lowest BCUT2D eigenvalue weighted by molar-refractivity contribution is -0.115. The third-order valence-electron chi connectivity index (χ3n) is 3.62. The van der Waals surface area contributed by atoms with Crippen LogP contribution < -0.4 is 5.32 Å². The van der Waals surface area contributed by atoms with Crippen molar-refractivity contribution in [1.29, 1.82) is 0 Å². The Kier molecular flexibility index (Phi) is 5.53. The Balaban J connectivity index is 1.73. The molecule has 0 radical (unpaired) electrons. The minimum absolute atomic E-state index is 0.0494. The van der Waals surface area contributed by atoms with Crippen LogP contribution in [-0.4, -0.2) is 31.4 Å². The van der Waals surface area contributed by atoms with Crippen LogP contribution >= 0.6 is 23.4 Å². The number of hydrogen-bond donors (Lipinski definition) is 1. The minimum atomic E-state index is -0.538. The van der Waals surface area contributed by atoms with Crippen LogP contribution in [0, 0.1) is 12.7 Å². The molecule has 0 saturated carbocycles. The molecule has 0 spiro atoms. The van der Waals surface area contributed by atoms with Crippen LogP contribution in [0.25, 0.3) is 5.69 Å². The molecule has 9 heteroatoms. The molecular weight excluding hydrogens is 377 g/mol. The number of tetrazole rings is 1. The van der Waals surface area contributed by atoms with Crippen molar-refractivity contribution in [2.45, 2.75) is 24.3 Å². The molecule has 0 fully saturated rings. The van der Waals surface area contributed by atoms with Gasteiger partial charge in [-0.1, -0.05) is 41.6 Å². The highest BCUT2D eigenvalue weighted by Gasteiger charge is 2.20. The van der Waals surface area contributed by atoms with Gasteiger partial charge in [-0.15, -0.1) is 5.10 Å². The summed E-state index contributed by atoms with van der Waals surface area (Å²) in [5, 5.41) is 14.4.